The predicted molar refractivity (Wildman–Crippen MR) is 89.2 cm³/mol. The molecule has 1 N–H and O–H groups in total. The Morgan fingerprint density at radius 3 is 2.16 bits per heavy atom. The summed E-state index contributed by atoms with van der Waals surface area (Å²) in [6.07, 6.45) is 0.296. The van der Waals surface area contributed by atoms with Crippen LogP contribution in [0.3, 0.4) is 0 Å². The van der Waals surface area contributed by atoms with Gasteiger partial charge in [0.25, 0.3) is 0 Å². The number of phenolic OH excluding ortho intramolecular Hbond substituents is 1. The van der Waals surface area contributed by atoms with E-state index in [1.54, 1.807) is 0 Å². The molecule has 0 spiro atoms. The molecule has 1 aliphatic carbocycles. The largest absolute Gasteiger partial charge is 0.508 e. The molecular formula is C19H19NO5. The third-order valence-corrected chi connectivity index (χ3v) is 4.14. The van der Waals surface area contributed by atoms with Gasteiger partial charge in [-0.1, -0.05) is 26.0 Å². The van der Waals surface area contributed by atoms with Crippen molar-refractivity contribution in [2.24, 2.45) is 11.3 Å². The molecule has 6 heteroatoms. The molecule has 6 nitrogen and oxygen atoms in total. The summed E-state index contributed by atoms with van der Waals surface area (Å²) in [5.41, 5.74) is -0.196. The summed E-state index contributed by atoms with van der Waals surface area (Å²) in [5, 5.41) is 18.9. The van der Waals surface area contributed by atoms with Gasteiger partial charge in [0.15, 0.2) is 17.5 Å². The predicted octanol–water partition coefficient (Wildman–Crippen LogP) is 2.42. The number of hydrogen-bond acceptors (Lipinski definition) is 6. The summed E-state index contributed by atoms with van der Waals surface area (Å²) in [5.74, 6) is -3.05. The van der Waals surface area contributed by atoms with E-state index >= 15 is 0 Å². The van der Waals surface area contributed by atoms with Crippen LogP contribution in [0.2, 0.25) is 0 Å². The fourth-order valence-electron chi connectivity index (χ4n) is 3.01. The summed E-state index contributed by atoms with van der Waals surface area (Å²) >= 11 is 0. The Morgan fingerprint density at radius 2 is 1.72 bits per heavy atom. The number of methoxy groups -OCH3 is 1. The topological polar surface area (TPSA) is 104 Å². The van der Waals surface area contributed by atoms with Gasteiger partial charge in [0.1, 0.15) is 5.75 Å². The lowest BCUT2D eigenvalue weighted by atomic mass is 9.71. The highest BCUT2D eigenvalue weighted by Crippen LogP contribution is 2.39. The number of ketones is 2. The molecular weight excluding hydrogens is 322 g/mol. The van der Waals surface area contributed by atoms with Crippen molar-refractivity contribution in [1.29, 1.82) is 5.26 Å². The summed E-state index contributed by atoms with van der Waals surface area (Å²) < 4.78 is 4.66. The van der Waals surface area contributed by atoms with Gasteiger partial charge in [0.2, 0.25) is 0 Å². The molecule has 1 aromatic rings. The molecule has 0 bridgehead atoms. The SMILES string of the molecule is COC(=O)[C@@H](C#N)C(=C1C(=O)CC(C)(C)CC1=O)c1ccc(O)cc1. The highest BCUT2D eigenvalue weighted by Gasteiger charge is 2.40. The Bertz CT molecular complexity index is 774. The molecule has 0 heterocycles. The van der Waals surface area contributed by atoms with E-state index in [9.17, 15) is 24.8 Å². The maximum atomic E-state index is 12.6. The first kappa shape index (κ1) is 18.4. The molecule has 0 aliphatic heterocycles. The van der Waals surface area contributed by atoms with Crippen LogP contribution in [0.5, 0.6) is 5.75 Å². The average Bonchev–Trinajstić information content (AvgIpc) is 2.53. The van der Waals surface area contributed by atoms with Crippen LogP contribution in [0.25, 0.3) is 5.57 Å². The molecule has 1 aliphatic rings. The lowest BCUT2D eigenvalue weighted by Gasteiger charge is -2.30. The summed E-state index contributed by atoms with van der Waals surface area (Å²) in [7, 11) is 1.14. The third kappa shape index (κ3) is 3.77. The molecule has 2 rings (SSSR count). The van der Waals surface area contributed by atoms with Gasteiger partial charge in [-0.25, -0.2) is 0 Å². The second-order valence-corrected chi connectivity index (χ2v) is 6.78. The summed E-state index contributed by atoms with van der Waals surface area (Å²) in [4.78, 5) is 37.3. The monoisotopic (exact) mass is 341 g/mol. The minimum absolute atomic E-state index is 0.0119. The van der Waals surface area contributed by atoms with Crippen molar-refractivity contribution < 1.29 is 24.2 Å². The van der Waals surface area contributed by atoms with Crippen LogP contribution < -0.4 is 0 Å². The van der Waals surface area contributed by atoms with E-state index in [4.69, 9.17) is 0 Å². The van der Waals surface area contributed by atoms with Gasteiger partial charge in [0, 0.05) is 18.4 Å². The number of carbonyl (C=O) groups is 3. The minimum atomic E-state index is -1.40. The highest BCUT2D eigenvalue weighted by molar-refractivity contribution is 6.28. The zero-order valence-corrected chi connectivity index (χ0v) is 14.3. The lowest BCUT2D eigenvalue weighted by Crippen LogP contribution is -2.33. The zero-order valence-electron chi connectivity index (χ0n) is 14.3. The standard InChI is InChI=1S/C19H19NO5/c1-19(2)8-14(22)17(15(23)9-19)16(13(10-20)18(24)25-3)11-4-6-12(21)7-5-11/h4-7,13,21H,8-9H2,1-3H3/t13-/m0/s1. The summed E-state index contributed by atoms with van der Waals surface area (Å²) in [6, 6.07) is 7.48. The Hall–Kier alpha value is -2.94. The van der Waals surface area contributed by atoms with E-state index in [-0.39, 0.29) is 29.7 Å². The minimum Gasteiger partial charge on any atom is -0.508 e. The van der Waals surface area contributed by atoms with Crippen molar-refractivity contribution in [3.05, 3.63) is 35.4 Å². The number of phenols is 1. The van der Waals surface area contributed by atoms with E-state index < -0.39 is 28.9 Å². The molecule has 130 valence electrons. The van der Waals surface area contributed by atoms with Crippen LogP contribution in [-0.2, 0) is 19.1 Å². The van der Waals surface area contributed by atoms with Gasteiger partial charge in [-0.3, -0.25) is 14.4 Å². The number of nitrogens with zero attached hydrogens (tertiary/aromatic N) is 1. The van der Waals surface area contributed by atoms with Crippen LogP contribution in [0.1, 0.15) is 32.3 Å². The van der Waals surface area contributed by atoms with Gasteiger partial charge < -0.3 is 9.84 Å². The van der Waals surface area contributed by atoms with Gasteiger partial charge in [-0.2, -0.15) is 5.26 Å². The normalized spacial score (nSPS) is 17.6. The zero-order chi connectivity index (χ0) is 18.8. The molecule has 0 amide bonds. The number of carbonyl (C=O) groups excluding carboxylic acids is 3. The van der Waals surface area contributed by atoms with E-state index in [0.29, 0.717) is 5.56 Å². The van der Waals surface area contributed by atoms with E-state index in [0.717, 1.165) is 7.11 Å². The maximum absolute atomic E-state index is 12.6. The Morgan fingerprint density at radius 1 is 1.20 bits per heavy atom. The van der Waals surface area contributed by atoms with Crippen molar-refractivity contribution in [3.63, 3.8) is 0 Å². The number of hydrogen-bond donors (Lipinski definition) is 1. The molecule has 25 heavy (non-hydrogen) atoms. The highest BCUT2D eigenvalue weighted by atomic mass is 16.5. The smallest absolute Gasteiger partial charge is 0.327 e. The molecule has 1 atom stereocenters. The first-order chi connectivity index (χ1) is 11.7. The van der Waals surface area contributed by atoms with Crippen molar-refractivity contribution in [1.82, 2.24) is 0 Å². The fraction of sp³-hybridized carbons (Fsp3) is 0.368. The average molecular weight is 341 g/mol. The number of aromatic hydroxyl groups is 1. The van der Waals surface area contributed by atoms with Gasteiger partial charge in [0.05, 0.1) is 18.8 Å². The Kier molecular flexibility index (Phi) is 5.07. The van der Waals surface area contributed by atoms with Crippen LogP contribution >= 0.6 is 0 Å². The number of esters is 1. The second kappa shape index (κ2) is 6.89. The Labute approximate surface area is 145 Å². The van der Waals surface area contributed by atoms with Crippen molar-refractivity contribution in [2.45, 2.75) is 26.7 Å². The summed E-state index contributed by atoms with van der Waals surface area (Å²) in [6.45, 7) is 3.64. The molecule has 1 aromatic carbocycles. The number of Topliss-reactive ketones (excluding diaryl/α,β-unsaturated/α-hetero) is 2. The van der Waals surface area contributed by atoms with Crippen molar-refractivity contribution >= 4 is 23.1 Å². The number of benzene rings is 1. The molecule has 1 fully saturated rings. The number of ether oxygens (including phenoxy) is 1. The van der Waals surface area contributed by atoms with Crippen LogP contribution in [0, 0.1) is 22.7 Å². The van der Waals surface area contributed by atoms with Gasteiger partial charge in [-0.15, -0.1) is 0 Å². The van der Waals surface area contributed by atoms with Crippen LogP contribution in [0.4, 0.5) is 0 Å². The Balaban J connectivity index is 2.72. The van der Waals surface area contributed by atoms with Gasteiger partial charge >= 0.3 is 5.97 Å². The second-order valence-electron chi connectivity index (χ2n) is 6.78. The van der Waals surface area contributed by atoms with E-state index in [1.165, 1.54) is 24.3 Å². The first-order valence-corrected chi connectivity index (χ1v) is 7.77. The number of rotatable bonds is 3. The molecule has 0 saturated heterocycles. The van der Waals surface area contributed by atoms with Gasteiger partial charge in [-0.05, 0) is 23.1 Å². The maximum Gasteiger partial charge on any atom is 0.327 e. The van der Waals surface area contributed by atoms with Crippen molar-refractivity contribution in [3.8, 4) is 11.8 Å². The molecule has 0 radical (unpaired) electrons. The van der Waals surface area contributed by atoms with E-state index in [2.05, 4.69) is 4.74 Å². The third-order valence-electron chi connectivity index (χ3n) is 4.14. The number of allylic oxidation sites excluding steroid dienone is 1. The van der Waals surface area contributed by atoms with Crippen LogP contribution in [0.15, 0.2) is 29.8 Å². The molecule has 0 unspecified atom stereocenters. The van der Waals surface area contributed by atoms with Crippen molar-refractivity contribution in [2.75, 3.05) is 7.11 Å². The quantitative estimate of drug-likeness (QED) is 0.514. The number of nitriles is 1. The lowest BCUT2D eigenvalue weighted by molar-refractivity contribution is -0.141. The first-order valence-electron chi connectivity index (χ1n) is 7.77. The molecule has 0 aromatic heterocycles. The van der Waals surface area contributed by atoms with E-state index in [1.807, 2.05) is 19.9 Å². The molecule has 1 saturated carbocycles. The fourth-order valence-corrected chi connectivity index (χ4v) is 3.01. The van der Waals surface area contributed by atoms with Crippen LogP contribution in [-0.4, -0.2) is 29.8 Å².